The minimum absolute atomic E-state index is 0.00753. The van der Waals surface area contributed by atoms with Crippen molar-refractivity contribution in [1.82, 2.24) is 9.80 Å². The lowest BCUT2D eigenvalue weighted by atomic mass is 9.78. The number of rotatable bonds is 3. The van der Waals surface area contributed by atoms with Crippen molar-refractivity contribution in [2.75, 3.05) is 20.1 Å². The minimum Gasteiger partial charge on any atom is -0.326 e. The smallest absolute Gasteiger partial charge is 0.326 e. The Kier molecular flexibility index (Phi) is 4.22. The van der Waals surface area contributed by atoms with Gasteiger partial charge in [0.1, 0.15) is 5.78 Å². The van der Waals surface area contributed by atoms with Crippen LogP contribution in [0.2, 0.25) is 0 Å². The lowest BCUT2D eigenvalue weighted by molar-refractivity contribution is -0.131. The molecule has 106 valence electrons. The van der Waals surface area contributed by atoms with Crippen LogP contribution in [0.1, 0.15) is 39.0 Å². The Morgan fingerprint density at radius 2 is 2.05 bits per heavy atom. The summed E-state index contributed by atoms with van der Waals surface area (Å²) in [6.07, 6.45) is 3.89. The predicted molar refractivity (Wildman–Crippen MR) is 70.5 cm³/mol. The second kappa shape index (κ2) is 5.72. The van der Waals surface area contributed by atoms with Gasteiger partial charge in [0.25, 0.3) is 0 Å². The van der Waals surface area contributed by atoms with Gasteiger partial charge in [0.15, 0.2) is 0 Å². The number of Topliss-reactive ketones (excluding diaryl/α,β-unsaturated/α-hetero) is 1. The predicted octanol–water partition coefficient (Wildman–Crippen LogP) is 1.67. The van der Waals surface area contributed by atoms with Crippen molar-refractivity contribution in [3.05, 3.63) is 0 Å². The summed E-state index contributed by atoms with van der Waals surface area (Å²) >= 11 is 0. The Labute approximate surface area is 113 Å². The molecule has 2 fully saturated rings. The lowest BCUT2D eigenvalue weighted by Gasteiger charge is -2.27. The Balaban J connectivity index is 1.91. The van der Waals surface area contributed by atoms with E-state index in [-0.39, 0.29) is 29.6 Å². The number of likely N-dealkylation sites (N-methyl/N-ethyl adjacent to an activating group) is 1. The first-order chi connectivity index (χ1) is 9.00. The summed E-state index contributed by atoms with van der Waals surface area (Å²) in [5.41, 5.74) is 0. The van der Waals surface area contributed by atoms with Gasteiger partial charge in [-0.1, -0.05) is 13.3 Å². The van der Waals surface area contributed by atoms with Crippen molar-refractivity contribution in [2.45, 2.75) is 39.0 Å². The molecule has 5 heteroatoms. The van der Waals surface area contributed by atoms with Crippen molar-refractivity contribution in [3.8, 4) is 0 Å². The molecule has 19 heavy (non-hydrogen) atoms. The van der Waals surface area contributed by atoms with E-state index in [1.807, 2.05) is 6.92 Å². The maximum Gasteiger partial charge on any atom is 0.326 e. The number of ketones is 1. The molecule has 2 rings (SSSR count). The molecule has 0 radical (unpaired) electrons. The van der Waals surface area contributed by atoms with E-state index in [2.05, 4.69) is 0 Å². The van der Waals surface area contributed by atoms with Crippen LogP contribution in [0.4, 0.5) is 4.79 Å². The molecule has 0 aromatic heterocycles. The average Bonchev–Trinajstić information content (AvgIpc) is 2.70. The van der Waals surface area contributed by atoms with Gasteiger partial charge >= 0.3 is 6.03 Å². The van der Waals surface area contributed by atoms with E-state index >= 15 is 0 Å². The summed E-state index contributed by atoms with van der Waals surface area (Å²) in [4.78, 5) is 38.6. The van der Waals surface area contributed by atoms with Crippen molar-refractivity contribution in [3.63, 3.8) is 0 Å². The molecule has 1 saturated heterocycles. The number of hydrogen-bond donors (Lipinski definition) is 0. The molecule has 0 aromatic carbocycles. The number of carbonyl (C=O) groups is 3. The van der Waals surface area contributed by atoms with Crippen LogP contribution in [-0.4, -0.2) is 47.7 Å². The van der Waals surface area contributed by atoms with Gasteiger partial charge in [-0.05, 0) is 18.8 Å². The highest BCUT2D eigenvalue weighted by Crippen LogP contribution is 2.29. The molecule has 1 saturated carbocycles. The van der Waals surface area contributed by atoms with Gasteiger partial charge in [-0.2, -0.15) is 0 Å². The van der Waals surface area contributed by atoms with E-state index in [4.69, 9.17) is 0 Å². The summed E-state index contributed by atoms with van der Waals surface area (Å²) in [5, 5.41) is 0. The number of amides is 3. The Morgan fingerprint density at radius 1 is 1.32 bits per heavy atom. The van der Waals surface area contributed by atoms with E-state index in [0.29, 0.717) is 25.9 Å². The standard InChI is InChI=1S/C14H22N2O3/c1-10(11-5-3-4-6-12(11)17)9-13(18)16-8-7-15(2)14(16)19/h10-11H,3-9H2,1-2H3/t10-,11+/m0/s1. The zero-order valence-corrected chi connectivity index (χ0v) is 11.7. The first-order valence-corrected chi connectivity index (χ1v) is 7.09. The molecule has 2 aliphatic rings. The SMILES string of the molecule is C[C@@H](CC(=O)N1CCN(C)C1=O)[C@H]1CCCCC1=O. The Bertz CT molecular complexity index is 394. The van der Waals surface area contributed by atoms with Crippen LogP contribution < -0.4 is 0 Å². The molecule has 1 aliphatic carbocycles. The highest BCUT2D eigenvalue weighted by Gasteiger charge is 2.34. The highest BCUT2D eigenvalue weighted by atomic mass is 16.2. The first kappa shape index (κ1) is 14.0. The molecular weight excluding hydrogens is 244 g/mol. The largest absolute Gasteiger partial charge is 0.326 e. The zero-order valence-electron chi connectivity index (χ0n) is 11.7. The normalized spacial score (nSPS) is 25.9. The molecule has 5 nitrogen and oxygen atoms in total. The number of carbonyl (C=O) groups excluding carboxylic acids is 3. The summed E-state index contributed by atoms with van der Waals surface area (Å²) in [6, 6.07) is -0.216. The first-order valence-electron chi connectivity index (χ1n) is 7.09. The average molecular weight is 266 g/mol. The van der Waals surface area contributed by atoms with Gasteiger partial charge in [0, 0.05) is 38.9 Å². The third kappa shape index (κ3) is 2.96. The van der Waals surface area contributed by atoms with Crippen molar-refractivity contribution >= 4 is 17.7 Å². The van der Waals surface area contributed by atoms with Crippen LogP contribution in [0.5, 0.6) is 0 Å². The summed E-state index contributed by atoms with van der Waals surface area (Å²) in [7, 11) is 1.70. The number of nitrogens with zero attached hydrogens (tertiary/aromatic N) is 2. The van der Waals surface area contributed by atoms with E-state index in [1.165, 1.54) is 4.90 Å². The fourth-order valence-corrected chi connectivity index (χ4v) is 3.02. The monoisotopic (exact) mass is 266 g/mol. The summed E-state index contributed by atoms with van der Waals surface area (Å²) < 4.78 is 0. The number of urea groups is 1. The van der Waals surface area contributed by atoms with Crippen LogP contribution >= 0.6 is 0 Å². The molecule has 0 unspecified atom stereocenters. The van der Waals surface area contributed by atoms with Crippen LogP contribution in [-0.2, 0) is 9.59 Å². The van der Waals surface area contributed by atoms with Crippen LogP contribution in [0, 0.1) is 11.8 Å². The highest BCUT2D eigenvalue weighted by molar-refractivity contribution is 5.96. The maximum atomic E-state index is 12.1. The fourth-order valence-electron chi connectivity index (χ4n) is 3.02. The van der Waals surface area contributed by atoms with E-state index in [9.17, 15) is 14.4 Å². The molecular formula is C14H22N2O3. The van der Waals surface area contributed by atoms with Crippen molar-refractivity contribution in [2.24, 2.45) is 11.8 Å². The molecule has 1 aliphatic heterocycles. The molecule has 1 heterocycles. The summed E-state index contributed by atoms with van der Waals surface area (Å²) in [5.74, 6) is 0.198. The summed E-state index contributed by atoms with van der Waals surface area (Å²) in [6.45, 7) is 3.02. The fraction of sp³-hybridized carbons (Fsp3) is 0.786. The molecule has 3 amide bonds. The van der Waals surface area contributed by atoms with E-state index < -0.39 is 0 Å². The molecule has 0 aromatic rings. The van der Waals surface area contributed by atoms with Crippen molar-refractivity contribution < 1.29 is 14.4 Å². The molecule has 0 bridgehead atoms. The second-order valence-corrected chi connectivity index (χ2v) is 5.75. The minimum atomic E-state index is -0.216. The second-order valence-electron chi connectivity index (χ2n) is 5.75. The topological polar surface area (TPSA) is 57.7 Å². The van der Waals surface area contributed by atoms with Gasteiger partial charge in [-0.3, -0.25) is 14.5 Å². The molecule has 2 atom stereocenters. The third-order valence-electron chi connectivity index (χ3n) is 4.30. The van der Waals surface area contributed by atoms with Gasteiger partial charge in [0.2, 0.25) is 5.91 Å². The van der Waals surface area contributed by atoms with Crippen LogP contribution in [0.15, 0.2) is 0 Å². The molecule has 0 N–H and O–H groups in total. The quantitative estimate of drug-likeness (QED) is 0.780. The third-order valence-corrected chi connectivity index (χ3v) is 4.30. The molecule has 0 spiro atoms. The Hall–Kier alpha value is -1.39. The zero-order chi connectivity index (χ0) is 14.0. The van der Waals surface area contributed by atoms with Gasteiger partial charge in [0.05, 0.1) is 0 Å². The van der Waals surface area contributed by atoms with Crippen molar-refractivity contribution in [1.29, 1.82) is 0 Å². The van der Waals surface area contributed by atoms with E-state index in [1.54, 1.807) is 11.9 Å². The van der Waals surface area contributed by atoms with Gasteiger partial charge < -0.3 is 4.90 Å². The Morgan fingerprint density at radius 3 is 2.63 bits per heavy atom. The van der Waals surface area contributed by atoms with Gasteiger partial charge in [-0.25, -0.2) is 4.79 Å². The number of hydrogen-bond acceptors (Lipinski definition) is 3. The van der Waals surface area contributed by atoms with Gasteiger partial charge in [-0.15, -0.1) is 0 Å². The van der Waals surface area contributed by atoms with E-state index in [0.717, 1.165) is 19.3 Å². The lowest BCUT2D eigenvalue weighted by Crippen LogP contribution is -2.37. The van der Waals surface area contributed by atoms with Crippen LogP contribution in [0.25, 0.3) is 0 Å². The van der Waals surface area contributed by atoms with Crippen LogP contribution in [0.3, 0.4) is 0 Å². The number of imide groups is 1. The maximum absolute atomic E-state index is 12.1.